The molecule has 176 valence electrons. The summed E-state index contributed by atoms with van der Waals surface area (Å²) in [7, 11) is -4.72. The van der Waals surface area contributed by atoms with Gasteiger partial charge in [0.05, 0.1) is 0 Å². The van der Waals surface area contributed by atoms with Gasteiger partial charge in [0.2, 0.25) is 0 Å². The fourth-order valence-corrected chi connectivity index (χ4v) is 4.85. The van der Waals surface area contributed by atoms with Crippen molar-refractivity contribution in [2.24, 2.45) is 0 Å². The summed E-state index contributed by atoms with van der Waals surface area (Å²) in [5.74, 6) is 1.96. The molecule has 2 unspecified atom stereocenters. The summed E-state index contributed by atoms with van der Waals surface area (Å²) in [6, 6.07) is 27.4. The molecule has 0 heterocycles. The van der Waals surface area contributed by atoms with Gasteiger partial charge in [-0.25, -0.2) is 18.1 Å². The van der Waals surface area contributed by atoms with Gasteiger partial charge in [0.15, 0.2) is 23.0 Å². The maximum Gasteiger partial charge on any atom is 0.805 e. The zero-order valence-corrected chi connectivity index (χ0v) is 21.3. The van der Waals surface area contributed by atoms with Crippen molar-refractivity contribution < 1.29 is 27.2 Å². The van der Waals surface area contributed by atoms with Crippen LogP contribution in [-0.2, 0) is 9.13 Å². The smallest absolute Gasteiger partial charge is 0.222 e. The normalized spacial score (nSPS) is 11.4. The zero-order valence-electron chi connectivity index (χ0n) is 19.5. The van der Waals surface area contributed by atoms with Crippen molar-refractivity contribution >= 4 is 16.5 Å². The summed E-state index contributed by atoms with van der Waals surface area (Å²) >= 11 is 0. The number of benzene rings is 4. The molecule has 35 heavy (non-hydrogen) atoms. The maximum atomic E-state index is 12.4. The molecule has 0 aromatic heterocycles. The van der Waals surface area contributed by atoms with E-state index in [4.69, 9.17) is 18.1 Å². The molecule has 4 rings (SSSR count). The fourth-order valence-electron chi connectivity index (χ4n) is 3.38. The lowest BCUT2D eigenvalue weighted by Gasteiger charge is -2.03. The predicted molar refractivity (Wildman–Crippen MR) is 137 cm³/mol. The van der Waals surface area contributed by atoms with Gasteiger partial charge in [0.25, 0.3) is 0 Å². The third-order valence-corrected chi connectivity index (χ3v) is 6.64. The van der Waals surface area contributed by atoms with Crippen molar-refractivity contribution in [1.82, 2.24) is 0 Å². The molecule has 0 fully saturated rings. The first-order chi connectivity index (χ1) is 16.9. The van der Waals surface area contributed by atoms with E-state index in [1.165, 1.54) is 0 Å². The first-order valence-electron chi connectivity index (χ1n) is 10.9. The molecule has 0 saturated carbocycles. The minimum absolute atomic E-state index is 0.434. The van der Waals surface area contributed by atoms with Gasteiger partial charge < -0.3 is 0 Å². The molecule has 4 aromatic rings. The van der Waals surface area contributed by atoms with Gasteiger partial charge in [0.1, 0.15) is 0 Å². The van der Waals surface area contributed by atoms with E-state index in [0.717, 1.165) is 27.8 Å². The van der Waals surface area contributed by atoms with E-state index in [1.54, 1.807) is 30.3 Å². The van der Waals surface area contributed by atoms with Crippen molar-refractivity contribution in [3.05, 3.63) is 108 Å². The quantitative estimate of drug-likeness (QED) is 0.212. The summed E-state index contributed by atoms with van der Waals surface area (Å²) < 4.78 is 46.4. The van der Waals surface area contributed by atoms with Gasteiger partial charge in [-0.3, -0.25) is 0 Å². The van der Waals surface area contributed by atoms with Crippen LogP contribution in [0.25, 0.3) is 11.1 Å². The van der Waals surface area contributed by atoms with Crippen LogP contribution in [0.15, 0.2) is 91.0 Å². The van der Waals surface area contributed by atoms with E-state index in [2.05, 4.69) is 0 Å². The Bertz CT molecular complexity index is 1330. The highest BCUT2D eigenvalue weighted by Crippen LogP contribution is 2.36. The van der Waals surface area contributed by atoms with Gasteiger partial charge in [-0.2, -0.15) is 0 Å². The molecule has 0 aliphatic heterocycles. The van der Waals surface area contributed by atoms with Gasteiger partial charge >= 0.3 is 16.5 Å². The summed E-state index contributed by atoms with van der Waals surface area (Å²) in [5, 5.41) is 0. The number of para-hydroxylation sites is 2. The number of aryl methyl sites for hydroxylation is 3. The Morgan fingerprint density at radius 3 is 1.46 bits per heavy atom. The molecule has 0 saturated heterocycles. The topological polar surface area (TPSA) is 71.1 Å². The van der Waals surface area contributed by atoms with Crippen LogP contribution < -0.4 is 18.1 Å². The molecule has 0 aliphatic rings. The lowest BCUT2D eigenvalue weighted by molar-refractivity contribution is 0.412. The highest BCUT2D eigenvalue weighted by molar-refractivity contribution is 7.34. The van der Waals surface area contributed by atoms with Gasteiger partial charge in [-0.05, 0) is 78.9 Å². The maximum absolute atomic E-state index is 12.4. The van der Waals surface area contributed by atoms with Crippen LogP contribution in [0.3, 0.4) is 0 Å². The average molecular weight is 506 g/mol. The second-order valence-corrected chi connectivity index (χ2v) is 9.47. The SMILES string of the molecule is Cc1ccccc1O[P+](=O)Oc1ccc(-c2ccc(O[P+](=O)Oc3c(C)cccc3C)cc2)cc1. The van der Waals surface area contributed by atoms with Gasteiger partial charge in [-0.1, -0.05) is 60.7 Å². The minimum Gasteiger partial charge on any atom is -0.222 e. The van der Waals surface area contributed by atoms with Crippen molar-refractivity contribution in [3.8, 4) is 34.1 Å². The van der Waals surface area contributed by atoms with Crippen LogP contribution in [0, 0.1) is 20.8 Å². The van der Waals surface area contributed by atoms with Crippen LogP contribution in [0.4, 0.5) is 0 Å². The van der Waals surface area contributed by atoms with E-state index < -0.39 is 16.5 Å². The highest BCUT2D eigenvalue weighted by Gasteiger charge is 2.27. The predicted octanol–water partition coefficient (Wildman–Crippen LogP) is 8.51. The third-order valence-electron chi connectivity index (χ3n) is 5.24. The van der Waals surface area contributed by atoms with E-state index in [-0.39, 0.29) is 0 Å². The molecule has 8 heteroatoms. The molecular formula is C27H24O6P2+2. The second-order valence-electron chi connectivity index (χ2n) is 7.85. The lowest BCUT2D eigenvalue weighted by Crippen LogP contribution is -1.93. The van der Waals surface area contributed by atoms with Gasteiger partial charge in [-0.15, -0.1) is 0 Å². The van der Waals surface area contributed by atoms with E-state index in [9.17, 15) is 9.13 Å². The Labute approximate surface area is 206 Å². The Morgan fingerprint density at radius 2 is 0.943 bits per heavy atom. The Hall–Kier alpha value is -3.72. The first kappa shape index (κ1) is 24.4. The molecule has 0 spiro atoms. The molecule has 0 radical (unpaired) electrons. The van der Waals surface area contributed by atoms with Crippen molar-refractivity contribution in [3.63, 3.8) is 0 Å². The zero-order chi connectivity index (χ0) is 24.8. The minimum atomic E-state index is -2.37. The number of hydrogen-bond acceptors (Lipinski definition) is 6. The molecule has 4 aromatic carbocycles. The van der Waals surface area contributed by atoms with Crippen LogP contribution in [0.2, 0.25) is 0 Å². The standard InChI is InChI=1S/C27H24O6P2/c1-19-7-4-5-10-26(19)32-34(28)30-24-15-11-22(12-16-24)23-13-17-25(18-14-23)31-35(29)33-27-20(2)8-6-9-21(27)3/h4-18H,1-3H3/q+2. The summed E-state index contributed by atoms with van der Waals surface area (Å²) in [5.41, 5.74) is 4.52. The second kappa shape index (κ2) is 11.1. The molecule has 0 N–H and O–H groups in total. The Morgan fingerprint density at radius 1 is 0.486 bits per heavy atom. The largest absolute Gasteiger partial charge is 0.805 e. The van der Waals surface area contributed by atoms with Crippen molar-refractivity contribution in [1.29, 1.82) is 0 Å². The molecule has 0 aliphatic carbocycles. The number of rotatable bonds is 9. The molecule has 0 amide bonds. The summed E-state index contributed by atoms with van der Waals surface area (Å²) in [6.45, 7) is 5.66. The summed E-state index contributed by atoms with van der Waals surface area (Å²) in [6.07, 6.45) is 0. The molecule has 2 atom stereocenters. The van der Waals surface area contributed by atoms with E-state index >= 15 is 0 Å². The van der Waals surface area contributed by atoms with Crippen LogP contribution in [-0.4, -0.2) is 0 Å². The Balaban J connectivity index is 1.34. The monoisotopic (exact) mass is 506 g/mol. The highest BCUT2D eigenvalue weighted by atomic mass is 31.1. The van der Waals surface area contributed by atoms with Crippen LogP contribution >= 0.6 is 16.5 Å². The van der Waals surface area contributed by atoms with Crippen LogP contribution in [0.5, 0.6) is 23.0 Å². The Kier molecular flexibility index (Phi) is 7.77. The number of hydrogen-bond donors (Lipinski definition) is 0. The van der Waals surface area contributed by atoms with E-state index in [1.807, 2.05) is 81.4 Å². The molecule has 0 bridgehead atoms. The lowest BCUT2D eigenvalue weighted by atomic mass is 10.1. The van der Waals surface area contributed by atoms with E-state index in [0.29, 0.717) is 23.0 Å². The first-order valence-corrected chi connectivity index (χ1v) is 13.1. The molecule has 6 nitrogen and oxygen atoms in total. The van der Waals surface area contributed by atoms with Crippen molar-refractivity contribution in [2.45, 2.75) is 20.8 Å². The average Bonchev–Trinajstić information content (AvgIpc) is 2.84. The summed E-state index contributed by atoms with van der Waals surface area (Å²) in [4.78, 5) is 0. The third kappa shape index (κ3) is 6.45. The molecular weight excluding hydrogens is 482 g/mol. The van der Waals surface area contributed by atoms with Crippen molar-refractivity contribution in [2.75, 3.05) is 0 Å². The van der Waals surface area contributed by atoms with Crippen LogP contribution in [0.1, 0.15) is 16.7 Å². The van der Waals surface area contributed by atoms with Gasteiger partial charge in [0, 0.05) is 9.13 Å². The fraction of sp³-hybridized carbons (Fsp3) is 0.111.